The Morgan fingerprint density at radius 2 is 2.08 bits per heavy atom. The molecule has 1 aromatic carbocycles. The predicted octanol–water partition coefficient (Wildman–Crippen LogP) is 3.45. The number of nitrogens with one attached hydrogen (secondary N) is 2. The largest absolute Gasteiger partial charge is 0.416 e. The van der Waals surface area contributed by atoms with E-state index in [-0.39, 0.29) is 24.0 Å². The molecule has 0 radical (unpaired) electrons. The zero-order valence-electron chi connectivity index (χ0n) is 23.3. The number of hydrogen-bond donors (Lipinski definition) is 3. The van der Waals surface area contributed by atoms with Crippen LogP contribution in [0.2, 0.25) is 0 Å². The summed E-state index contributed by atoms with van der Waals surface area (Å²) in [5.74, 6) is 0.432. The van der Waals surface area contributed by atoms with Crippen LogP contribution in [0.15, 0.2) is 47.3 Å². The second kappa shape index (κ2) is 11.5. The third-order valence-corrected chi connectivity index (χ3v) is 6.79. The molecule has 1 amide bonds. The Hall–Kier alpha value is -4.16. The first-order valence-electron chi connectivity index (χ1n) is 13.5. The lowest BCUT2D eigenvalue weighted by Crippen LogP contribution is -2.31. The number of aromatic nitrogens is 6. The van der Waals surface area contributed by atoms with Gasteiger partial charge in [-0.05, 0) is 36.6 Å². The molecule has 1 unspecified atom stereocenters. The third kappa shape index (κ3) is 6.18. The van der Waals surface area contributed by atoms with Crippen LogP contribution in [-0.2, 0) is 18.5 Å². The molecule has 210 valence electrons. The molecule has 3 N–H and O–H groups in total. The van der Waals surface area contributed by atoms with Gasteiger partial charge in [0.2, 0.25) is 11.8 Å². The van der Waals surface area contributed by atoms with Crippen molar-refractivity contribution in [2.24, 2.45) is 0 Å². The average Bonchev–Trinajstić information content (AvgIpc) is 3.58. The minimum absolute atomic E-state index is 0.0509. The Balaban J connectivity index is 1.40. The van der Waals surface area contributed by atoms with E-state index in [1.165, 1.54) is 0 Å². The average molecular weight is 546 g/mol. The molecule has 0 saturated carbocycles. The summed E-state index contributed by atoms with van der Waals surface area (Å²) < 4.78 is 7.49. The van der Waals surface area contributed by atoms with Crippen molar-refractivity contribution in [3.05, 3.63) is 65.8 Å². The Labute approximate surface area is 232 Å². The lowest BCUT2D eigenvalue weighted by Gasteiger charge is -2.19. The van der Waals surface area contributed by atoms with Gasteiger partial charge in [0.1, 0.15) is 0 Å². The van der Waals surface area contributed by atoms with E-state index in [1.807, 2.05) is 56.8 Å². The number of carbonyl (C=O) groups excluding carboxylic acids is 1. The fraction of sp³-hybridized carbons (Fsp3) is 0.429. The van der Waals surface area contributed by atoms with Crippen molar-refractivity contribution < 1.29 is 14.3 Å². The van der Waals surface area contributed by atoms with Gasteiger partial charge in [-0.25, -0.2) is 9.97 Å². The molecule has 0 saturated heterocycles. The Morgan fingerprint density at radius 1 is 1.23 bits per heavy atom. The van der Waals surface area contributed by atoms with Crippen molar-refractivity contribution >= 4 is 17.5 Å². The van der Waals surface area contributed by atoms with Crippen LogP contribution in [0.5, 0.6) is 0 Å². The molecule has 0 spiro atoms. The summed E-state index contributed by atoms with van der Waals surface area (Å²) in [7, 11) is 0. The minimum atomic E-state index is -0.406. The van der Waals surface area contributed by atoms with Gasteiger partial charge >= 0.3 is 11.8 Å². The van der Waals surface area contributed by atoms with Crippen molar-refractivity contribution in [3.8, 4) is 11.3 Å². The molecular formula is C28H35N9O3. The number of aliphatic hydroxyl groups is 1. The highest BCUT2D eigenvalue weighted by atomic mass is 16.4. The van der Waals surface area contributed by atoms with E-state index >= 15 is 0 Å². The summed E-state index contributed by atoms with van der Waals surface area (Å²) in [6.45, 7) is 10.6. The zero-order chi connectivity index (χ0) is 28.3. The van der Waals surface area contributed by atoms with Gasteiger partial charge in [-0.2, -0.15) is 5.10 Å². The highest BCUT2D eigenvalue weighted by Crippen LogP contribution is 2.31. The SMILES string of the molecule is CCn1cc(Nc2nccc(-c3ccc4c(c3)CN(CCO)CCC4NC(=O)c3nnc(C(C)(C)C)o3)n2)cn1. The Morgan fingerprint density at radius 3 is 2.80 bits per heavy atom. The molecule has 4 heterocycles. The number of nitrogens with zero attached hydrogens (tertiary/aromatic N) is 7. The fourth-order valence-electron chi connectivity index (χ4n) is 4.66. The molecule has 0 bridgehead atoms. The molecule has 1 atom stereocenters. The van der Waals surface area contributed by atoms with E-state index in [9.17, 15) is 9.90 Å². The van der Waals surface area contributed by atoms with Crippen LogP contribution < -0.4 is 10.6 Å². The maximum atomic E-state index is 13.1. The van der Waals surface area contributed by atoms with Crippen molar-refractivity contribution in [2.45, 2.75) is 58.7 Å². The minimum Gasteiger partial charge on any atom is -0.416 e. The predicted molar refractivity (Wildman–Crippen MR) is 149 cm³/mol. The molecule has 1 aliphatic heterocycles. The van der Waals surface area contributed by atoms with Crippen LogP contribution in [0.4, 0.5) is 11.6 Å². The summed E-state index contributed by atoms with van der Waals surface area (Å²) >= 11 is 0. The number of amides is 1. The molecule has 4 aromatic rings. The number of hydrogen-bond acceptors (Lipinski definition) is 10. The second-order valence-electron chi connectivity index (χ2n) is 10.9. The van der Waals surface area contributed by atoms with Gasteiger partial charge in [0, 0.05) is 49.6 Å². The van der Waals surface area contributed by atoms with Crippen LogP contribution in [0.1, 0.15) is 67.9 Å². The maximum absolute atomic E-state index is 13.1. The molecule has 5 rings (SSSR count). The number of fused-ring (bicyclic) bond motifs is 1. The monoisotopic (exact) mass is 545 g/mol. The van der Waals surface area contributed by atoms with Gasteiger partial charge in [0.15, 0.2) is 0 Å². The van der Waals surface area contributed by atoms with Crippen molar-refractivity contribution in [1.29, 1.82) is 0 Å². The van der Waals surface area contributed by atoms with E-state index in [0.717, 1.165) is 34.6 Å². The second-order valence-corrected chi connectivity index (χ2v) is 10.9. The summed E-state index contributed by atoms with van der Waals surface area (Å²) in [6.07, 6.45) is 6.04. The summed E-state index contributed by atoms with van der Waals surface area (Å²) in [4.78, 5) is 24.3. The molecule has 3 aromatic heterocycles. The summed E-state index contributed by atoms with van der Waals surface area (Å²) in [5.41, 5.74) is 4.21. The first-order chi connectivity index (χ1) is 19.2. The van der Waals surface area contributed by atoms with E-state index < -0.39 is 5.91 Å². The van der Waals surface area contributed by atoms with Gasteiger partial charge in [0.25, 0.3) is 0 Å². The summed E-state index contributed by atoms with van der Waals surface area (Å²) in [6, 6.07) is 7.74. The topological polar surface area (TPSA) is 147 Å². The Bertz CT molecular complexity index is 1470. The van der Waals surface area contributed by atoms with E-state index in [0.29, 0.717) is 37.9 Å². The van der Waals surface area contributed by atoms with Gasteiger partial charge in [0.05, 0.1) is 30.2 Å². The van der Waals surface area contributed by atoms with Crippen LogP contribution in [0.3, 0.4) is 0 Å². The number of anilines is 2. The summed E-state index contributed by atoms with van der Waals surface area (Å²) in [5, 5.41) is 28.2. The van der Waals surface area contributed by atoms with Gasteiger partial charge < -0.3 is 20.2 Å². The fourth-order valence-corrected chi connectivity index (χ4v) is 4.66. The first-order valence-corrected chi connectivity index (χ1v) is 13.5. The first kappa shape index (κ1) is 27.4. The zero-order valence-corrected chi connectivity index (χ0v) is 23.3. The van der Waals surface area contributed by atoms with E-state index in [4.69, 9.17) is 9.40 Å². The molecular weight excluding hydrogens is 510 g/mol. The number of benzene rings is 1. The highest BCUT2D eigenvalue weighted by molar-refractivity contribution is 5.89. The Kier molecular flexibility index (Phi) is 7.90. The third-order valence-electron chi connectivity index (χ3n) is 6.79. The van der Waals surface area contributed by atoms with Crippen molar-refractivity contribution in [1.82, 2.24) is 40.2 Å². The molecule has 12 nitrogen and oxygen atoms in total. The molecule has 0 aliphatic carbocycles. The molecule has 12 heteroatoms. The normalized spacial score (nSPS) is 15.9. The number of rotatable bonds is 8. The molecule has 0 fully saturated rings. The number of carbonyl (C=O) groups is 1. The number of aryl methyl sites for hydroxylation is 1. The van der Waals surface area contributed by atoms with Crippen LogP contribution >= 0.6 is 0 Å². The lowest BCUT2D eigenvalue weighted by atomic mass is 9.96. The highest BCUT2D eigenvalue weighted by Gasteiger charge is 2.28. The quantitative estimate of drug-likeness (QED) is 0.301. The van der Waals surface area contributed by atoms with Gasteiger partial charge in [-0.3, -0.25) is 14.4 Å². The van der Waals surface area contributed by atoms with Crippen molar-refractivity contribution in [3.63, 3.8) is 0 Å². The van der Waals surface area contributed by atoms with E-state index in [1.54, 1.807) is 12.4 Å². The smallest absolute Gasteiger partial charge is 0.309 e. The molecule has 40 heavy (non-hydrogen) atoms. The van der Waals surface area contributed by atoms with Gasteiger partial charge in [-0.1, -0.05) is 32.9 Å². The number of β-amino-alcohol motifs (C(OH)–C–C–N with tert-alkyl or cyclic N) is 1. The van der Waals surface area contributed by atoms with Gasteiger partial charge in [-0.15, -0.1) is 10.2 Å². The standard InChI is InChI=1S/C28H35N9O3/c1-5-37-17-20(15-30-37)31-27-29-10-8-22(33-27)18-6-7-21-19(14-18)16-36(12-13-38)11-9-23(21)32-24(39)25-34-35-26(40-25)28(2,3)4/h6-8,10,14-15,17,23,38H,5,9,11-13,16H2,1-4H3,(H,32,39)(H,29,31,33). The lowest BCUT2D eigenvalue weighted by molar-refractivity contribution is 0.0893. The maximum Gasteiger partial charge on any atom is 0.309 e. The van der Waals surface area contributed by atoms with Crippen LogP contribution in [0.25, 0.3) is 11.3 Å². The van der Waals surface area contributed by atoms with E-state index in [2.05, 4.69) is 41.9 Å². The van der Waals surface area contributed by atoms with Crippen LogP contribution in [-0.4, -0.2) is 65.6 Å². The van der Waals surface area contributed by atoms with Crippen molar-refractivity contribution in [2.75, 3.05) is 25.0 Å². The molecule has 1 aliphatic rings. The van der Waals surface area contributed by atoms with Crippen LogP contribution in [0, 0.1) is 0 Å². The number of aliphatic hydroxyl groups excluding tert-OH is 1.